The average Bonchev–Trinajstić information content (AvgIpc) is 2.20. The molecule has 0 aliphatic carbocycles. The molecule has 84 valence electrons. The molecule has 0 fully saturated rings. The summed E-state index contributed by atoms with van der Waals surface area (Å²) < 4.78 is 13.0. The Balaban J connectivity index is 3.10. The van der Waals surface area contributed by atoms with Crippen LogP contribution in [0.15, 0.2) is 18.2 Å². The Morgan fingerprint density at radius 1 is 1.53 bits per heavy atom. The summed E-state index contributed by atoms with van der Waals surface area (Å²) in [5, 5.41) is 9.59. The second-order valence-electron chi connectivity index (χ2n) is 4.29. The molecule has 3 N–H and O–H groups in total. The highest BCUT2D eigenvalue weighted by Gasteiger charge is 2.28. The zero-order valence-corrected chi connectivity index (χ0v) is 9.55. The normalized spacial score (nSPS) is 14.0. The highest BCUT2D eigenvalue weighted by molar-refractivity contribution is 6.31. The number of hydrogen-bond donors (Lipinski definition) is 2. The van der Waals surface area contributed by atoms with Crippen molar-refractivity contribution < 1.29 is 9.50 Å². The Labute approximate surface area is 93.9 Å². The first-order valence-electron chi connectivity index (χ1n) is 4.70. The topological polar surface area (TPSA) is 46.2 Å². The van der Waals surface area contributed by atoms with E-state index in [0.717, 1.165) is 0 Å². The van der Waals surface area contributed by atoms with E-state index in [4.69, 9.17) is 22.4 Å². The van der Waals surface area contributed by atoms with Crippen molar-refractivity contribution in [3.05, 3.63) is 34.6 Å². The third-order valence-electron chi connectivity index (χ3n) is 2.54. The zero-order chi connectivity index (χ0) is 11.6. The van der Waals surface area contributed by atoms with E-state index in [9.17, 15) is 4.39 Å². The lowest BCUT2D eigenvalue weighted by atomic mass is 9.82. The lowest BCUT2D eigenvalue weighted by Crippen LogP contribution is -2.32. The lowest BCUT2D eigenvalue weighted by Gasteiger charge is -2.30. The number of aliphatic hydroxyl groups is 1. The third kappa shape index (κ3) is 2.68. The van der Waals surface area contributed by atoms with Crippen LogP contribution in [-0.4, -0.2) is 11.7 Å². The molecule has 4 heteroatoms. The molecule has 0 aliphatic heterocycles. The Morgan fingerprint density at radius 3 is 2.67 bits per heavy atom. The van der Waals surface area contributed by atoms with Crippen LogP contribution in [0.1, 0.15) is 25.5 Å². The predicted octanol–water partition coefficient (Wildman–Crippen LogP) is 2.50. The van der Waals surface area contributed by atoms with Crippen LogP contribution in [0.3, 0.4) is 0 Å². The maximum absolute atomic E-state index is 13.0. The van der Waals surface area contributed by atoms with Gasteiger partial charge in [0.05, 0.1) is 0 Å². The molecule has 0 radical (unpaired) electrons. The standard InChI is InChI=1S/C11H15ClFNO/c1-11(2,6-15)10(14)8-5-7(13)3-4-9(8)12/h3-5,10,15H,6,14H2,1-2H3/t10-/m0/s1. The van der Waals surface area contributed by atoms with Crippen molar-refractivity contribution >= 4 is 11.6 Å². The summed E-state index contributed by atoms with van der Waals surface area (Å²) >= 11 is 5.93. The summed E-state index contributed by atoms with van der Waals surface area (Å²) in [6.07, 6.45) is 0. The lowest BCUT2D eigenvalue weighted by molar-refractivity contribution is 0.132. The van der Waals surface area contributed by atoms with Gasteiger partial charge in [-0.25, -0.2) is 4.39 Å². The molecule has 0 aliphatic rings. The van der Waals surface area contributed by atoms with E-state index in [-0.39, 0.29) is 12.4 Å². The number of hydrogen-bond acceptors (Lipinski definition) is 2. The van der Waals surface area contributed by atoms with Gasteiger partial charge in [0.15, 0.2) is 0 Å². The van der Waals surface area contributed by atoms with E-state index >= 15 is 0 Å². The van der Waals surface area contributed by atoms with Gasteiger partial charge >= 0.3 is 0 Å². The van der Waals surface area contributed by atoms with Crippen LogP contribution in [-0.2, 0) is 0 Å². The smallest absolute Gasteiger partial charge is 0.123 e. The van der Waals surface area contributed by atoms with Gasteiger partial charge in [-0.15, -0.1) is 0 Å². The van der Waals surface area contributed by atoms with Crippen LogP contribution < -0.4 is 5.73 Å². The molecular weight excluding hydrogens is 217 g/mol. The summed E-state index contributed by atoms with van der Waals surface area (Å²) in [5.74, 6) is -0.376. The minimum absolute atomic E-state index is 0.0823. The molecule has 2 nitrogen and oxygen atoms in total. The number of benzene rings is 1. The molecule has 15 heavy (non-hydrogen) atoms. The Morgan fingerprint density at radius 2 is 2.13 bits per heavy atom. The Hall–Kier alpha value is -0.640. The highest BCUT2D eigenvalue weighted by Crippen LogP contribution is 2.34. The fourth-order valence-corrected chi connectivity index (χ4v) is 1.51. The SMILES string of the molecule is CC(C)(CO)[C@@H](N)c1cc(F)ccc1Cl. The minimum atomic E-state index is -0.530. The van der Waals surface area contributed by atoms with Crippen molar-refractivity contribution in [2.45, 2.75) is 19.9 Å². The Kier molecular flexibility index (Phi) is 3.71. The quantitative estimate of drug-likeness (QED) is 0.840. The monoisotopic (exact) mass is 231 g/mol. The number of halogens is 2. The highest BCUT2D eigenvalue weighted by atomic mass is 35.5. The molecule has 0 saturated carbocycles. The van der Waals surface area contributed by atoms with Gasteiger partial charge in [-0.05, 0) is 23.8 Å². The third-order valence-corrected chi connectivity index (χ3v) is 2.89. The maximum atomic E-state index is 13.0. The van der Waals surface area contributed by atoms with Gasteiger partial charge in [0.1, 0.15) is 5.82 Å². The second-order valence-corrected chi connectivity index (χ2v) is 4.70. The first-order valence-corrected chi connectivity index (χ1v) is 5.07. The number of aliphatic hydroxyl groups excluding tert-OH is 1. The Bertz CT molecular complexity index is 354. The van der Waals surface area contributed by atoms with Gasteiger partial charge in [0.2, 0.25) is 0 Å². The summed E-state index contributed by atoms with van der Waals surface area (Å²) in [7, 11) is 0. The predicted molar refractivity (Wildman–Crippen MR) is 59.2 cm³/mol. The van der Waals surface area contributed by atoms with Gasteiger partial charge in [-0.2, -0.15) is 0 Å². The van der Waals surface area contributed by atoms with Crippen LogP contribution in [0.25, 0.3) is 0 Å². The van der Waals surface area contributed by atoms with Gasteiger partial charge < -0.3 is 10.8 Å². The van der Waals surface area contributed by atoms with Crippen molar-refractivity contribution in [1.82, 2.24) is 0 Å². The second kappa shape index (κ2) is 4.47. The molecule has 1 rings (SSSR count). The number of rotatable bonds is 3. The van der Waals surface area contributed by atoms with Crippen LogP contribution in [0.5, 0.6) is 0 Å². The molecule has 0 amide bonds. The van der Waals surface area contributed by atoms with Crippen molar-refractivity contribution in [2.75, 3.05) is 6.61 Å². The van der Waals surface area contributed by atoms with Crippen LogP contribution in [0.4, 0.5) is 4.39 Å². The molecule has 1 atom stereocenters. The van der Waals surface area contributed by atoms with Crippen molar-refractivity contribution in [3.63, 3.8) is 0 Å². The largest absolute Gasteiger partial charge is 0.396 e. The van der Waals surface area contributed by atoms with Gasteiger partial charge in [0.25, 0.3) is 0 Å². The molecule has 0 bridgehead atoms. The van der Waals surface area contributed by atoms with E-state index in [0.29, 0.717) is 10.6 Å². The first-order chi connectivity index (χ1) is 6.88. The van der Waals surface area contributed by atoms with Crippen LogP contribution >= 0.6 is 11.6 Å². The summed E-state index contributed by atoms with van der Waals surface area (Å²) in [6.45, 7) is 3.53. The number of nitrogens with two attached hydrogens (primary N) is 1. The average molecular weight is 232 g/mol. The molecular formula is C11H15ClFNO. The van der Waals surface area contributed by atoms with E-state index in [1.54, 1.807) is 13.8 Å². The van der Waals surface area contributed by atoms with E-state index in [1.807, 2.05) is 0 Å². The molecule has 0 saturated heterocycles. The first kappa shape index (κ1) is 12.4. The van der Waals surface area contributed by atoms with E-state index in [1.165, 1.54) is 18.2 Å². The van der Waals surface area contributed by atoms with Gasteiger partial charge in [-0.1, -0.05) is 25.4 Å². The van der Waals surface area contributed by atoms with Crippen molar-refractivity contribution in [3.8, 4) is 0 Å². The molecule has 0 aromatic heterocycles. The fraction of sp³-hybridized carbons (Fsp3) is 0.455. The molecule has 0 unspecified atom stereocenters. The molecule has 1 aromatic carbocycles. The minimum Gasteiger partial charge on any atom is -0.396 e. The maximum Gasteiger partial charge on any atom is 0.123 e. The summed E-state index contributed by atoms with van der Waals surface area (Å²) in [5.41, 5.74) is 5.94. The molecule has 0 heterocycles. The fourth-order valence-electron chi connectivity index (χ4n) is 1.27. The zero-order valence-electron chi connectivity index (χ0n) is 8.80. The van der Waals surface area contributed by atoms with E-state index < -0.39 is 11.5 Å². The van der Waals surface area contributed by atoms with Crippen LogP contribution in [0.2, 0.25) is 5.02 Å². The van der Waals surface area contributed by atoms with Gasteiger partial charge in [0, 0.05) is 23.1 Å². The molecule has 1 aromatic rings. The summed E-state index contributed by atoms with van der Waals surface area (Å²) in [4.78, 5) is 0. The van der Waals surface area contributed by atoms with Crippen molar-refractivity contribution in [1.29, 1.82) is 0 Å². The van der Waals surface area contributed by atoms with Crippen molar-refractivity contribution in [2.24, 2.45) is 11.1 Å². The van der Waals surface area contributed by atoms with Gasteiger partial charge in [-0.3, -0.25) is 0 Å². The summed E-state index contributed by atoms with van der Waals surface area (Å²) in [6, 6.07) is 3.57. The van der Waals surface area contributed by atoms with E-state index in [2.05, 4.69) is 0 Å². The molecule has 0 spiro atoms. The van der Waals surface area contributed by atoms with Crippen LogP contribution in [0, 0.1) is 11.2 Å².